The third kappa shape index (κ3) is 2.89. The molecule has 3 nitrogen and oxygen atoms in total. The number of aromatic hydroxyl groups is 1. The highest BCUT2D eigenvalue weighted by Crippen LogP contribution is 2.28. The predicted octanol–water partition coefficient (Wildman–Crippen LogP) is 4.80. The molecule has 0 aliphatic heterocycles. The van der Waals surface area contributed by atoms with Crippen molar-refractivity contribution in [1.82, 2.24) is 4.98 Å². The van der Waals surface area contributed by atoms with Gasteiger partial charge in [0.15, 0.2) is 5.88 Å². The summed E-state index contributed by atoms with van der Waals surface area (Å²) < 4.78 is 0. The van der Waals surface area contributed by atoms with Crippen molar-refractivity contribution < 1.29 is 5.11 Å². The van der Waals surface area contributed by atoms with Gasteiger partial charge < -0.3 is 10.1 Å². The zero-order valence-electron chi connectivity index (χ0n) is 11.0. The maximum Gasteiger partial charge on any atom is 0.198 e. The maximum atomic E-state index is 9.96. The SMILES string of the molecule is Oc1[nH]c2ccc(Cl)cc2c1C=NCc1ccccc1Cl. The van der Waals surface area contributed by atoms with Crippen LogP contribution in [-0.4, -0.2) is 16.3 Å². The van der Waals surface area contributed by atoms with Gasteiger partial charge in [-0.3, -0.25) is 4.99 Å². The molecule has 1 aromatic heterocycles. The number of aromatic amines is 1. The number of fused-ring (bicyclic) bond motifs is 1. The topological polar surface area (TPSA) is 48.4 Å². The minimum atomic E-state index is 0.0789. The van der Waals surface area contributed by atoms with E-state index < -0.39 is 0 Å². The quantitative estimate of drug-likeness (QED) is 0.669. The summed E-state index contributed by atoms with van der Waals surface area (Å²) in [6.07, 6.45) is 1.63. The molecule has 2 aromatic carbocycles. The molecule has 0 aliphatic carbocycles. The Labute approximate surface area is 131 Å². The highest BCUT2D eigenvalue weighted by Gasteiger charge is 2.09. The lowest BCUT2D eigenvalue weighted by molar-refractivity contribution is 0.457. The number of H-pyrrole nitrogens is 1. The molecule has 0 saturated heterocycles. The van der Waals surface area contributed by atoms with E-state index in [-0.39, 0.29) is 5.88 Å². The number of rotatable bonds is 3. The number of benzene rings is 2. The molecule has 0 bridgehead atoms. The van der Waals surface area contributed by atoms with E-state index in [0.717, 1.165) is 16.5 Å². The van der Waals surface area contributed by atoms with Gasteiger partial charge in [-0.05, 0) is 29.8 Å². The van der Waals surface area contributed by atoms with E-state index >= 15 is 0 Å². The monoisotopic (exact) mass is 318 g/mol. The molecule has 2 N–H and O–H groups in total. The van der Waals surface area contributed by atoms with E-state index in [9.17, 15) is 5.11 Å². The first-order valence-electron chi connectivity index (χ1n) is 6.38. The number of aliphatic imine (C=N–C) groups is 1. The molecule has 3 aromatic rings. The van der Waals surface area contributed by atoms with Crippen molar-refractivity contribution in [3.8, 4) is 5.88 Å². The molecule has 3 rings (SSSR count). The zero-order valence-corrected chi connectivity index (χ0v) is 12.5. The Hall–Kier alpha value is -1.97. The van der Waals surface area contributed by atoms with Crippen molar-refractivity contribution in [2.45, 2.75) is 6.54 Å². The van der Waals surface area contributed by atoms with Gasteiger partial charge in [0.2, 0.25) is 0 Å². The second-order valence-corrected chi connectivity index (χ2v) is 5.48. The molecule has 0 amide bonds. The minimum Gasteiger partial charge on any atom is -0.494 e. The Morgan fingerprint density at radius 2 is 1.95 bits per heavy atom. The number of halogens is 2. The average molecular weight is 319 g/mol. The van der Waals surface area contributed by atoms with E-state index in [1.165, 1.54) is 0 Å². The summed E-state index contributed by atoms with van der Waals surface area (Å²) in [6, 6.07) is 12.9. The van der Waals surface area contributed by atoms with Crippen LogP contribution in [0.5, 0.6) is 5.88 Å². The Bertz CT molecular complexity index is 824. The summed E-state index contributed by atoms with van der Waals surface area (Å²) in [7, 11) is 0. The Morgan fingerprint density at radius 3 is 2.76 bits per heavy atom. The van der Waals surface area contributed by atoms with Crippen LogP contribution in [0.15, 0.2) is 47.5 Å². The average Bonchev–Trinajstić information content (AvgIpc) is 2.77. The molecule has 0 fully saturated rings. The fraction of sp³-hybridized carbons (Fsp3) is 0.0625. The number of nitrogens with zero attached hydrogens (tertiary/aromatic N) is 1. The van der Waals surface area contributed by atoms with Crippen LogP contribution in [0.1, 0.15) is 11.1 Å². The number of nitrogens with one attached hydrogen (secondary N) is 1. The van der Waals surface area contributed by atoms with E-state index in [1.807, 2.05) is 30.3 Å². The fourth-order valence-corrected chi connectivity index (χ4v) is 2.53. The summed E-state index contributed by atoms with van der Waals surface area (Å²) in [5.41, 5.74) is 2.38. The lowest BCUT2D eigenvalue weighted by atomic mass is 10.2. The van der Waals surface area contributed by atoms with Gasteiger partial charge in [0.25, 0.3) is 0 Å². The van der Waals surface area contributed by atoms with E-state index in [0.29, 0.717) is 22.2 Å². The molecule has 0 radical (unpaired) electrons. The highest BCUT2D eigenvalue weighted by atomic mass is 35.5. The predicted molar refractivity (Wildman–Crippen MR) is 87.7 cm³/mol. The molecule has 106 valence electrons. The Balaban J connectivity index is 1.91. The largest absolute Gasteiger partial charge is 0.494 e. The minimum absolute atomic E-state index is 0.0789. The lowest BCUT2D eigenvalue weighted by Crippen LogP contribution is -1.85. The van der Waals surface area contributed by atoms with Crippen molar-refractivity contribution in [3.05, 3.63) is 63.6 Å². The van der Waals surface area contributed by atoms with E-state index in [1.54, 1.807) is 18.3 Å². The first kappa shape index (κ1) is 14.0. The normalized spacial score (nSPS) is 11.5. The van der Waals surface area contributed by atoms with Crippen LogP contribution in [0.2, 0.25) is 10.0 Å². The number of aromatic nitrogens is 1. The third-order valence-corrected chi connectivity index (χ3v) is 3.82. The van der Waals surface area contributed by atoms with E-state index in [2.05, 4.69) is 9.98 Å². The summed E-state index contributed by atoms with van der Waals surface area (Å²) >= 11 is 12.1. The second kappa shape index (κ2) is 5.80. The van der Waals surface area contributed by atoms with Gasteiger partial charge in [0.05, 0.1) is 12.1 Å². The second-order valence-electron chi connectivity index (χ2n) is 4.64. The van der Waals surface area contributed by atoms with Gasteiger partial charge in [-0.15, -0.1) is 0 Å². The summed E-state index contributed by atoms with van der Waals surface area (Å²) in [5.74, 6) is 0.0789. The van der Waals surface area contributed by atoms with Crippen LogP contribution < -0.4 is 0 Å². The van der Waals surface area contributed by atoms with E-state index in [4.69, 9.17) is 23.2 Å². The van der Waals surface area contributed by atoms with Gasteiger partial charge in [0, 0.05) is 27.2 Å². The molecule has 0 saturated carbocycles. The molecule has 0 atom stereocenters. The molecule has 0 unspecified atom stereocenters. The smallest absolute Gasteiger partial charge is 0.198 e. The first-order valence-corrected chi connectivity index (χ1v) is 7.14. The first-order chi connectivity index (χ1) is 10.1. The molecular weight excluding hydrogens is 307 g/mol. The summed E-state index contributed by atoms with van der Waals surface area (Å²) in [4.78, 5) is 7.25. The van der Waals surface area contributed by atoms with Crippen LogP contribution in [0.3, 0.4) is 0 Å². The fourth-order valence-electron chi connectivity index (χ4n) is 2.16. The zero-order chi connectivity index (χ0) is 14.8. The van der Waals surface area contributed by atoms with Gasteiger partial charge in [-0.25, -0.2) is 0 Å². The van der Waals surface area contributed by atoms with Crippen molar-refractivity contribution >= 4 is 40.3 Å². The highest BCUT2D eigenvalue weighted by molar-refractivity contribution is 6.31. The molecule has 1 heterocycles. The van der Waals surface area contributed by atoms with Crippen molar-refractivity contribution in [1.29, 1.82) is 0 Å². The summed E-state index contributed by atoms with van der Waals surface area (Å²) in [5, 5.41) is 12.1. The molecular formula is C16H12Cl2N2O. The molecule has 0 spiro atoms. The van der Waals surface area contributed by atoms with Crippen LogP contribution in [0.4, 0.5) is 0 Å². The van der Waals surface area contributed by atoms with Crippen molar-refractivity contribution in [2.75, 3.05) is 0 Å². The van der Waals surface area contributed by atoms with Gasteiger partial charge in [-0.1, -0.05) is 41.4 Å². The third-order valence-electron chi connectivity index (χ3n) is 3.22. The standard InChI is InChI=1S/C16H12Cl2N2O/c17-11-5-6-15-12(7-11)13(16(21)20-15)9-19-8-10-3-1-2-4-14(10)18/h1-7,9,20-21H,8H2. The van der Waals surface area contributed by atoms with Crippen LogP contribution in [-0.2, 0) is 6.54 Å². The van der Waals surface area contributed by atoms with Gasteiger partial charge in [-0.2, -0.15) is 0 Å². The molecule has 0 aliphatic rings. The number of hydrogen-bond donors (Lipinski definition) is 2. The number of hydrogen-bond acceptors (Lipinski definition) is 2. The van der Waals surface area contributed by atoms with Gasteiger partial charge in [0.1, 0.15) is 0 Å². The molecule has 21 heavy (non-hydrogen) atoms. The van der Waals surface area contributed by atoms with Crippen molar-refractivity contribution in [2.24, 2.45) is 4.99 Å². The van der Waals surface area contributed by atoms with Gasteiger partial charge >= 0.3 is 0 Å². The Morgan fingerprint density at radius 1 is 1.14 bits per heavy atom. The Kier molecular flexibility index (Phi) is 3.86. The maximum absolute atomic E-state index is 9.96. The van der Waals surface area contributed by atoms with Crippen LogP contribution >= 0.6 is 23.2 Å². The van der Waals surface area contributed by atoms with Crippen LogP contribution in [0, 0.1) is 0 Å². The van der Waals surface area contributed by atoms with Crippen molar-refractivity contribution in [3.63, 3.8) is 0 Å². The lowest BCUT2D eigenvalue weighted by Gasteiger charge is -1.99. The van der Waals surface area contributed by atoms with Crippen LogP contribution in [0.25, 0.3) is 10.9 Å². The molecule has 5 heteroatoms. The summed E-state index contributed by atoms with van der Waals surface area (Å²) in [6.45, 7) is 0.451.